The van der Waals surface area contributed by atoms with Crippen LogP contribution >= 0.6 is 0 Å². The number of carbonyl (C=O) groups is 3. The molecule has 0 aliphatic rings. The maximum absolute atomic E-state index is 12.3. The molecule has 3 N–H and O–H groups in total. The number of anilines is 1. The zero-order chi connectivity index (χ0) is 26.2. The van der Waals surface area contributed by atoms with Gasteiger partial charge in [0.05, 0.1) is 19.4 Å². The average Bonchev–Trinajstić information content (AvgIpc) is 2.87. The highest BCUT2D eigenvalue weighted by Gasteiger charge is 2.12. The first-order valence-corrected chi connectivity index (χ1v) is 11.5. The third-order valence-electron chi connectivity index (χ3n) is 4.47. The van der Waals surface area contributed by atoms with Crippen molar-refractivity contribution in [3.8, 4) is 17.2 Å². The van der Waals surface area contributed by atoms with Crippen LogP contribution in [0, 0.1) is 0 Å². The Hall–Kier alpha value is -4.12. The third-order valence-corrected chi connectivity index (χ3v) is 4.47. The van der Waals surface area contributed by atoms with Gasteiger partial charge in [0.2, 0.25) is 0 Å². The first kappa shape index (κ1) is 28.1. The standard InChI is InChI=1S/C25H32N4O7/c1-4-34-20-10-8-19(9-11-20)28-23(30)17-36-21-12-7-18(15-22(21)35-5-2)16-27-29-25(32)24(31)26-13-6-14-33-3/h7-12,15-16H,4-6,13-14,17H2,1-3H3,(H,26,31)(H,28,30)(H,29,32)/b27-16-. The summed E-state index contributed by atoms with van der Waals surface area (Å²) in [6, 6.07) is 12.0. The minimum atomic E-state index is -0.882. The predicted octanol–water partition coefficient (Wildman–Crippen LogP) is 2.10. The van der Waals surface area contributed by atoms with Crippen LogP contribution in [-0.4, -0.2) is 64.0 Å². The smallest absolute Gasteiger partial charge is 0.329 e. The topological polar surface area (TPSA) is 137 Å². The number of nitrogens with zero attached hydrogens (tertiary/aromatic N) is 1. The van der Waals surface area contributed by atoms with Crippen molar-refractivity contribution in [3.05, 3.63) is 48.0 Å². The second-order valence-electron chi connectivity index (χ2n) is 7.23. The van der Waals surface area contributed by atoms with Crippen LogP contribution in [0.15, 0.2) is 47.6 Å². The Balaban J connectivity index is 1.89. The van der Waals surface area contributed by atoms with Crippen molar-refractivity contribution in [3.63, 3.8) is 0 Å². The molecule has 194 valence electrons. The van der Waals surface area contributed by atoms with E-state index in [2.05, 4.69) is 21.2 Å². The molecular formula is C25H32N4O7. The van der Waals surface area contributed by atoms with Gasteiger partial charge in [-0.3, -0.25) is 14.4 Å². The molecule has 0 spiro atoms. The van der Waals surface area contributed by atoms with E-state index >= 15 is 0 Å². The number of hydrazone groups is 1. The number of amides is 3. The SMILES string of the molecule is CCOc1ccc(NC(=O)COc2ccc(/C=N\NC(=O)C(=O)NCCCOC)cc2OCC)cc1. The predicted molar refractivity (Wildman–Crippen MR) is 135 cm³/mol. The van der Waals surface area contributed by atoms with Crippen molar-refractivity contribution in [1.29, 1.82) is 0 Å². The summed E-state index contributed by atoms with van der Waals surface area (Å²) in [5.74, 6) is -0.515. The largest absolute Gasteiger partial charge is 0.494 e. The molecule has 11 heteroatoms. The maximum Gasteiger partial charge on any atom is 0.329 e. The lowest BCUT2D eigenvalue weighted by atomic mass is 10.2. The van der Waals surface area contributed by atoms with Crippen LogP contribution in [0.4, 0.5) is 5.69 Å². The van der Waals surface area contributed by atoms with Crippen molar-refractivity contribution in [1.82, 2.24) is 10.7 Å². The summed E-state index contributed by atoms with van der Waals surface area (Å²) in [7, 11) is 1.56. The van der Waals surface area contributed by atoms with E-state index in [0.717, 1.165) is 5.75 Å². The molecule has 2 rings (SSSR count). The second kappa shape index (κ2) is 15.7. The Bertz CT molecular complexity index is 1030. The normalized spacial score (nSPS) is 10.5. The van der Waals surface area contributed by atoms with E-state index in [1.165, 1.54) is 6.21 Å². The Kier molecular flexibility index (Phi) is 12.3. The first-order valence-electron chi connectivity index (χ1n) is 11.5. The Morgan fingerprint density at radius 1 is 0.917 bits per heavy atom. The van der Waals surface area contributed by atoms with Gasteiger partial charge in [0, 0.05) is 25.9 Å². The highest BCUT2D eigenvalue weighted by atomic mass is 16.5. The number of benzene rings is 2. The van der Waals surface area contributed by atoms with Gasteiger partial charge in [0.25, 0.3) is 5.91 Å². The van der Waals surface area contributed by atoms with E-state index in [1.807, 2.05) is 13.8 Å². The molecule has 11 nitrogen and oxygen atoms in total. The molecule has 3 amide bonds. The lowest BCUT2D eigenvalue weighted by molar-refractivity contribution is -0.139. The maximum atomic E-state index is 12.3. The summed E-state index contributed by atoms with van der Waals surface area (Å²) in [5, 5.41) is 9.01. The monoisotopic (exact) mass is 500 g/mol. The van der Waals surface area contributed by atoms with Gasteiger partial charge in [-0.1, -0.05) is 0 Å². The lowest BCUT2D eigenvalue weighted by Crippen LogP contribution is -2.38. The quantitative estimate of drug-likeness (QED) is 0.156. The molecule has 0 heterocycles. The number of methoxy groups -OCH3 is 1. The van der Waals surface area contributed by atoms with Crippen LogP contribution in [0.25, 0.3) is 0 Å². The van der Waals surface area contributed by atoms with Gasteiger partial charge in [0.1, 0.15) is 5.75 Å². The molecular weight excluding hydrogens is 468 g/mol. The van der Waals surface area contributed by atoms with Gasteiger partial charge in [-0.25, -0.2) is 5.43 Å². The van der Waals surface area contributed by atoms with E-state index in [4.69, 9.17) is 18.9 Å². The van der Waals surface area contributed by atoms with Crippen LogP contribution in [0.5, 0.6) is 17.2 Å². The van der Waals surface area contributed by atoms with E-state index in [9.17, 15) is 14.4 Å². The molecule has 0 radical (unpaired) electrons. The van der Waals surface area contributed by atoms with Crippen LogP contribution in [0.1, 0.15) is 25.8 Å². The zero-order valence-corrected chi connectivity index (χ0v) is 20.7. The van der Waals surface area contributed by atoms with Crippen LogP contribution in [0.2, 0.25) is 0 Å². The van der Waals surface area contributed by atoms with Crippen LogP contribution < -0.4 is 30.3 Å². The first-order chi connectivity index (χ1) is 17.5. The van der Waals surface area contributed by atoms with Crippen LogP contribution in [-0.2, 0) is 19.1 Å². The van der Waals surface area contributed by atoms with Gasteiger partial charge < -0.3 is 29.6 Å². The molecule has 0 saturated carbocycles. The molecule has 0 saturated heterocycles. The van der Waals surface area contributed by atoms with Crippen molar-refractivity contribution in [2.24, 2.45) is 5.10 Å². The van der Waals surface area contributed by atoms with E-state index < -0.39 is 11.8 Å². The Morgan fingerprint density at radius 3 is 2.36 bits per heavy atom. The Morgan fingerprint density at radius 2 is 1.67 bits per heavy atom. The van der Waals surface area contributed by atoms with Gasteiger partial charge in [-0.05, 0) is 68.3 Å². The summed E-state index contributed by atoms with van der Waals surface area (Å²) in [6.07, 6.45) is 1.96. The van der Waals surface area contributed by atoms with Gasteiger partial charge in [0.15, 0.2) is 18.1 Å². The number of carbonyl (C=O) groups excluding carboxylic acids is 3. The molecule has 0 atom stereocenters. The van der Waals surface area contributed by atoms with Crippen molar-refractivity contribution in [2.45, 2.75) is 20.3 Å². The highest BCUT2D eigenvalue weighted by Crippen LogP contribution is 2.28. The fourth-order valence-corrected chi connectivity index (χ4v) is 2.85. The number of nitrogens with one attached hydrogen (secondary N) is 3. The summed E-state index contributed by atoms with van der Waals surface area (Å²) in [4.78, 5) is 35.8. The van der Waals surface area contributed by atoms with Crippen molar-refractivity contribution in [2.75, 3.05) is 45.4 Å². The minimum Gasteiger partial charge on any atom is -0.494 e. The molecule has 0 bridgehead atoms. The summed E-state index contributed by atoms with van der Waals surface area (Å²) in [5.41, 5.74) is 3.37. The fraction of sp³-hybridized carbons (Fsp3) is 0.360. The summed E-state index contributed by atoms with van der Waals surface area (Å²) < 4.78 is 21.5. The summed E-state index contributed by atoms with van der Waals surface area (Å²) in [6.45, 7) is 5.22. The molecule has 0 fully saturated rings. The van der Waals surface area contributed by atoms with Crippen molar-refractivity contribution < 1.29 is 33.3 Å². The molecule has 2 aromatic carbocycles. The second-order valence-corrected chi connectivity index (χ2v) is 7.23. The molecule has 2 aromatic rings. The van der Waals surface area contributed by atoms with Gasteiger partial charge >= 0.3 is 11.8 Å². The molecule has 0 unspecified atom stereocenters. The lowest BCUT2D eigenvalue weighted by Gasteiger charge is -2.13. The van der Waals surface area contributed by atoms with Gasteiger partial charge in [-0.2, -0.15) is 5.10 Å². The molecule has 0 aromatic heterocycles. The number of hydrogen-bond acceptors (Lipinski definition) is 8. The third kappa shape index (κ3) is 10.0. The highest BCUT2D eigenvalue weighted by molar-refractivity contribution is 6.35. The minimum absolute atomic E-state index is 0.226. The van der Waals surface area contributed by atoms with Crippen LogP contribution in [0.3, 0.4) is 0 Å². The van der Waals surface area contributed by atoms with E-state index in [0.29, 0.717) is 55.5 Å². The van der Waals surface area contributed by atoms with E-state index in [-0.39, 0.29) is 12.5 Å². The number of rotatable bonds is 14. The number of hydrogen-bond donors (Lipinski definition) is 3. The van der Waals surface area contributed by atoms with Crippen molar-refractivity contribution >= 4 is 29.6 Å². The summed E-state index contributed by atoms with van der Waals surface area (Å²) >= 11 is 0. The number of ether oxygens (including phenoxy) is 4. The average molecular weight is 501 g/mol. The zero-order valence-electron chi connectivity index (χ0n) is 20.7. The molecule has 0 aliphatic heterocycles. The van der Waals surface area contributed by atoms with E-state index in [1.54, 1.807) is 49.6 Å². The molecule has 36 heavy (non-hydrogen) atoms. The Labute approximate surface area is 210 Å². The fourth-order valence-electron chi connectivity index (χ4n) is 2.85. The van der Waals surface area contributed by atoms with Gasteiger partial charge in [-0.15, -0.1) is 0 Å². The molecule has 0 aliphatic carbocycles.